The van der Waals surface area contributed by atoms with Crippen LogP contribution in [0, 0.1) is 6.92 Å². The largest absolute Gasteiger partial charge is 0.489 e. The zero-order valence-corrected chi connectivity index (χ0v) is 25.2. The maximum atomic E-state index is 13.8. The number of carbonyl (C=O) groups is 2. The minimum atomic E-state index is -3.82. The van der Waals surface area contributed by atoms with E-state index in [1.54, 1.807) is 24.3 Å². The monoisotopic (exact) mass is 579 g/mol. The molecule has 0 radical (unpaired) electrons. The minimum Gasteiger partial charge on any atom is -0.489 e. The van der Waals surface area contributed by atoms with Gasteiger partial charge in [-0.3, -0.25) is 13.9 Å². The molecule has 3 aromatic carbocycles. The van der Waals surface area contributed by atoms with Gasteiger partial charge in [0, 0.05) is 13.1 Å². The van der Waals surface area contributed by atoms with Crippen molar-refractivity contribution in [2.24, 2.45) is 0 Å². The molecule has 2 amide bonds. The number of hydrogen-bond acceptors (Lipinski definition) is 5. The Hall–Kier alpha value is -3.85. The fourth-order valence-corrected chi connectivity index (χ4v) is 5.23. The molecule has 8 nitrogen and oxygen atoms in total. The molecule has 3 rings (SSSR count). The molecular weight excluding hydrogens is 538 g/mol. The first kappa shape index (κ1) is 31.7. The highest BCUT2D eigenvalue weighted by Gasteiger charge is 2.31. The van der Waals surface area contributed by atoms with Crippen LogP contribution in [0.5, 0.6) is 5.75 Å². The number of carbonyl (C=O) groups excluding carboxylic acids is 2. The van der Waals surface area contributed by atoms with Gasteiger partial charge in [-0.1, -0.05) is 80.4 Å². The lowest BCUT2D eigenvalue weighted by Crippen LogP contribution is -2.52. The van der Waals surface area contributed by atoms with Crippen molar-refractivity contribution >= 4 is 27.5 Å². The number of nitrogens with one attached hydrogen (secondary N) is 1. The molecule has 0 unspecified atom stereocenters. The van der Waals surface area contributed by atoms with E-state index in [4.69, 9.17) is 4.74 Å². The van der Waals surface area contributed by atoms with Crippen LogP contribution in [0.4, 0.5) is 5.69 Å². The molecule has 0 aliphatic rings. The molecule has 41 heavy (non-hydrogen) atoms. The summed E-state index contributed by atoms with van der Waals surface area (Å²) in [4.78, 5) is 28.5. The third kappa shape index (κ3) is 9.63. The van der Waals surface area contributed by atoms with Gasteiger partial charge >= 0.3 is 0 Å². The lowest BCUT2D eigenvalue weighted by atomic mass is 10.1. The highest BCUT2D eigenvalue weighted by atomic mass is 32.2. The Morgan fingerprint density at radius 2 is 1.56 bits per heavy atom. The SMILES string of the molecule is CCCCNC(=O)[C@H](CC)N(Cc1ccc(C)cc1)C(=O)CN(c1ccc(OCc2ccccc2)cc1)S(C)(=O)=O. The Labute approximate surface area is 244 Å². The van der Waals surface area contributed by atoms with Gasteiger partial charge in [0.05, 0.1) is 11.9 Å². The zero-order valence-electron chi connectivity index (χ0n) is 24.4. The summed E-state index contributed by atoms with van der Waals surface area (Å²) in [6.45, 7) is 6.51. The summed E-state index contributed by atoms with van der Waals surface area (Å²) in [5.41, 5.74) is 3.28. The van der Waals surface area contributed by atoms with Crippen molar-refractivity contribution in [3.05, 3.63) is 95.6 Å². The van der Waals surface area contributed by atoms with Gasteiger partial charge in [-0.2, -0.15) is 0 Å². The molecular formula is C32H41N3O5S. The number of unbranched alkanes of at least 4 members (excludes halogenated alkanes) is 1. The molecule has 0 aromatic heterocycles. The van der Waals surface area contributed by atoms with Crippen molar-refractivity contribution in [2.75, 3.05) is 23.7 Å². The number of hydrogen-bond donors (Lipinski definition) is 1. The van der Waals surface area contributed by atoms with Gasteiger partial charge in [-0.05, 0) is 55.2 Å². The van der Waals surface area contributed by atoms with Crippen LogP contribution in [0.2, 0.25) is 0 Å². The standard InChI is InChI=1S/C32H41N3O5S/c1-5-7-21-33-32(37)30(6-2)34(22-26-15-13-25(3)14-16-26)31(36)23-35(41(4,38)39)28-17-19-29(20-18-28)40-24-27-11-9-8-10-12-27/h8-20,30H,5-7,21-24H2,1-4H3,(H,33,37)/t30-/m0/s1. The first-order valence-corrected chi connectivity index (χ1v) is 15.8. The summed E-state index contributed by atoms with van der Waals surface area (Å²) < 4.78 is 32.6. The summed E-state index contributed by atoms with van der Waals surface area (Å²) in [6, 6.07) is 23.3. The molecule has 0 aliphatic heterocycles. The normalized spacial score (nSPS) is 11.9. The van der Waals surface area contributed by atoms with Crippen LogP contribution in [0.1, 0.15) is 49.8 Å². The number of nitrogens with zero attached hydrogens (tertiary/aromatic N) is 2. The molecule has 0 fully saturated rings. The molecule has 0 saturated heterocycles. The van der Waals surface area contributed by atoms with Crippen molar-refractivity contribution in [1.29, 1.82) is 0 Å². The van der Waals surface area contributed by atoms with Crippen molar-refractivity contribution in [1.82, 2.24) is 10.2 Å². The summed E-state index contributed by atoms with van der Waals surface area (Å²) in [6.07, 6.45) is 3.23. The quantitative estimate of drug-likeness (QED) is 0.254. The number of aryl methyl sites for hydroxylation is 1. The van der Waals surface area contributed by atoms with Crippen LogP contribution in [0.15, 0.2) is 78.9 Å². The molecule has 1 N–H and O–H groups in total. The molecule has 3 aromatic rings. The Bertz CT molecular complexity index is 1360. The number of anilines is 1. The summed E-state index contributed by atoms with van der Waals surface area (Å²) in [5.74, 6) is -0.127. The average Bonchev–Trinajstić information content (AvgIpc) is 2.96. The topological polar surface area (TPSA) is 96.0 Å². The first-order chi connectivity index (χ1) is 19.6. The lowest BCUT2D eigenvalue weighted by Gasteiger charge is -2.33. The van der Waals surface area contributed by atoms with Gasteiger partial charge < -0.3 is 15.0 Å². The maximum absolute atomic E-state index is 13.8. The number of sulfonamides is 1. The van der Waals surface area contributed by atoms with E-state index >= 15 is 0 Å². The second-order valence-electron chi connectivity index (χ2n) is 10.1. The Morgan fingerprint density at radius 3 is 2.15 bits per heavy atom. The first-order valence-electron chi connectivity index (χ1n) is 14.0. The van der Waals surface area contributed by atoms with Gasteiger partial charge in [0.1, 0.15) is 24.9 Å². The fraction of sp³-hybridized carbons (Fsp3) is 0.375. The molecule has 0 bridgehead atoms. The Kier molecular flexibility index (Phi) is 11.8. The van der Waals surface area contributed by atoms with Crippen LogP contribution < -0.4 is 14.4 Å². The molecule has 1 atom stereocenters. The van der Waals surface area contributed by atoms with Gasteiger partial charge in [0.2, 0.25) is 21.8 Å². The van der Waals surface area contributed by atoms with E-state index in [9.17, 15) is 18.0 Å². The summed E-state index contributed by atoms with van der Waals surface area (Å²) >= 11 is 0. The molecule has 0 heterocycles. The van der Waals surface area contributed by atoms with Gasteiger partial charge in [-0.15, -0.1) is 0 Å². The highest BCUT2D eigenvalue weighted by molar-refractivity contribution is 7.92. The second-order valence-corrected chi connectivity index (χ2v) is 12.0. The Morgan fingerprint density at radius 1 is 0.902 bits per heavy atom. The van der Waals surface area contributed by atoms with E-state index in [2.05, 4.69) is 5.32 Å². The molecule has 220 valence electrons. The van der Waals surface area contributed by atoms with Crippen molar-refractivity contribution in [3.8, 4) is 5.75 Å². The van der Waals surface area contributed by atoms with E-state index in [0.29, 0.717) is 31.0 Å². The lowest BCUT2D eigenvalue weighted by molar-refractivity contribution is -0.140. The highest BCUT2D eigenvalue weighted by Crippen LogP contribution is 2.23. The van der Waals surface area contributed by atoms with E-state index in [-0.39, 0.29) is 12.5 Å². The second kappa shape index (κ2) is 15.2. The van der Waals surface area contributed by atoms with E-state index < -0.39 is 28.5 Å². The van der Waals surface area contributed by atoms with Crippen LogP contribution in [0.25, 0.3) is 0 Å². The predicted octanol–water partition coefficient (Wildman–Crippen LogP) is 5.06. The third-order valence-electron chi connectivity index (χ3n) is 6.74. The predicted molar refractivity (Wildman–Crippen MR) is 163 cm³/mol. The third-order valence-corrected chi connectivity index (χ3v) is 7.88. The number of benzene rings is 3. The molecule has 9 heteroatoms. The van der Waals surface area contributed by atoms with Crippen LogP contribution in [-0.4, -0.2) is 50.5 Å². The average molecular weight is 580 g/mol. The van der Waals surface area contributed by atoms with Crippen molar-refractivity contribution in [2.45, 2.75) is 59.2 Å². The number of rotatable bonds is 15. The summed E-state index contributed by atoms with van der Waals surface area (Å²) in [5, 5.41) is 2.93. The molecule has 0 saturated carbocycles. The summed E-state index contributed by atoms with van der Waals surface area (Å²) in [7, 11) is -3.82. The van der Waals surface area contributed by atoms with Gasteiger partial charge in [0.25, 0.3) is 0 Å². The number of amides is 2. The fourth-order valence-electron chi connectivity index (χ4n) is 4.38. The molecule has 0 aliphatic carbocycles. The van der Waals surface area contributed by atoms with Crippen LogP contribution in [-0.2, 0) is 32.8 Å². The van der Waals surface area contributed by atoms with Crippen LogP contribution in [0.3, 0.4) is 0 Å². The van der Waals surface area contributed by atoms with E-state index in [1.807, 2.05) is 75.4 Å². The Balaban J connectivity index is 1.83. The van der Waals surface area contributed by atoms with Crippen molar-refractivity contribution in [3.63, 3.8) is 0 Å². The van der Waals surface area contributed by atoms with E-state index in [1.165, 1.54) is 4.90 Å². The molecule has 0 spiro atoms. The maximum Gasteiger partial charge on any atom is 0.244 e. The van der Waals surface area contributed by atoms with Gasteiger partial charge in [0.15, 0.2) is 0 Å². The minimum absolute atomic E-state index is 0.183. The van der Waals surface area contributed by atoms with E-state index in [0.717, 1.165) is 40.1 Å². The number of ether oxygens (including phenoxy) is 1. The van der Waals surface area contributed by atoms with Crippen LogP contribution >= 0.6 is 0 Å². The van der Waals surface area contributed by atoms with Crippen molar-refractivity contribution < 1.29 is 22.7 Å². The smallest absolute Gasteiger partial charge is 0.244 e. The van der Waals surface area contributed by atoms with Gasteiger partial charge in [-0.25, -0.2) is 8.42 Å². The zero-order chi connectivity index (χ0) is 29.8.